The maximum absolute atomic E-state index is 12.4. The van der Waals surface area contributed by atoms with E-state index in [-0.39, 0.29) is 0 Å². The summed E-state index contributed by atoms with van der Waals surface area (Å²) in [5, 5.41) is 10.3. The minimum atomic E-state index is -4.64. The normalized spacial score (nSPS) is 11.5. The first kappa shape index (κ1) is 11.8. The van der Waals surface area contributed by atoms with Gasteiger partial charge in [0.15, 0.2) is 0 Å². The molecule has 0 aliphatic rings. The Hall–Kier alpha value is -1.31. The topological polar surface area (TPSA) is 69.2 Å². The lowest BCUT2D eigenvalue weighted by Crippen LogP contribution is -2.10. The maximum Gasteiger partial charge on any atom is 0.419 e. The SMILES string of the molecule is Nc1cc([N+](=O)[O-])cc(Br)c1C(F)(F)F. The van der Waals surface area contributed by atoms with Crippen molar-refractivity contribution in [3.05, 3.63) is 32.3 Å². The molecule has 0 aliphatic carbocycles. The molecule has 0 saturated heterocycles. The summed E-state index contributed by atoms with van der Waals surface area (Å²) in [5.41, 5.74) is 2.82. The molecule has 0 bridgehead atoms. The summed E-state index contributed by atoms with van der Waals surface area (Å²) in [4.78, 5) is 9.50. The van der Waals surface area contributed by atoms with Crippen LogP contribution in [0, 0.1) is 10.1 Å². The summed E-state index contributed by atoms with van der Waals surface area (Å²) < 4.78 is 36.6. The minimum absolute atomic E-state index is 0.443. The second-order valence-corrected chi connectivity index (χ2v) is 3.50. The first-order chi connectivity index (χ1) is 6.73. The molecule has 0 fully saturated rings. The Kier molecular flexibility index (Phi) is 2.89. The highest BCUT2D eigenvalue weighted by Crippen LogP contribution is 2.40. The first-order valence-electron chi connectivity index (χ1n) is 3.54. The van der Waals surface area contributed by atoms with Crippen molar-refractivity contribution >= 4 is 27.3 Å². The molecule has 0 radical (unpaired) electrons. The molecule has 0 saturated carbocycles. The number of hydrogen-bond acceptors (Lipinski definition) is 3. The van der Waals surface area contributed by atoms with E-state index >= 15 is 0 Å². The second kappa shape index (κ2) is 3.69. The highest BCUT2D eigenvalue weighted by atomic mass is 79.9. The van der Waals surface area contributed by atoms with Crippen LogP contribution in [0.2, 0.25) is 0 Å². The van der Waals surface area contributed by atoms with Crippen LogP contribution in [0.15, 0.2) is 16.6 Å². The fourth-order valence-electron chi connectivity index (χ4n) is 1.02. The summed E-state index contributed by atoms with van der Waals surface area (Å²) in [6, 6.07) is 1.44. The molecule has 1 aromatic carbocycles. The minimum Gasteiger partial charge on any atom is -0.398 e. The zero-order chi connectivity index (χ0) is 11.8. The Morgan fingerprint density at radius 2 is 1.93 bits per heavy atom. The van der Waals surface area contributed by atoms with Gasteiger partial charge in [-0.05, 0) is 15.9 Å². The van der Waals surface area contributed by atoms with Crippen molar-refractivity contribution in [1.29, 1.82) is 0 Å². The van der Waals surface area contributed by atoms with Crippen molar-refractivity contribution in [3.63, 3.8) is 0 Å². The summed E-state index contributed by atoms with van der Waals surface area (Å²) >= 11 is 2.60. The Morgan fingerprint density at radius 3 is 2.27 bits per heavy atom. The monoisotopic (exact) mass is 284 g/mol. The highest BCUT2D eigenvalue weighted by Gasteiger charge is 2.36. The van der Waals surface area contributed by atoms with Crippen LogP contribution in [0.3, 0.4) is 0 Å². The Morgan fingerprint density at radius 1 is 1.40 bits per heavy atom. The summed E-state index contributed by atoms with van der Waals surface area (Å²) in [6.45, 7) is 0. The lowest BCUT2D eigenvalue weighted by atomic mass is 10.1. The number of anilines is 1. The third-order valence-corrected chi connectivity index (χ3v) is 2.23. The van der Waals surface area contributed by atoms with Crippen LogP contribution in [0.1, 0.15) is 5.56 Å². The highest BCUT2D eigenvalue weighted by molar-refractivity contribution is 9.10. The van der Waals surface area contributed by atoms with Crippen LogP contribution in [-0.2, 0) is 6.18 Å². The van der Waals surface area contributed by atoms with Gasteiger partial charge in [-0.2, -0.15) is 13.2 Å². The van der Waals surface area contributed by atoms with E-state index in [1.807, 2.05) is 0 Å². The molecule has 0 aliphatic heterocycles. The van der Waals surface area contributed by atoms with Crippen LogP contribution in [0.5, 0.6) is 0 Å². The molecular formula is C7H4BrF3N2O2. The average Bonchev–Trinajstić information content (AvgIpc) is 1.99. The number of nitro groups is 1. The molecule has 1 rings (SSSR count). The van der Waals surface area contributed by atoms with Gasteiger partial charge in [0.2, 0.25) is 0 Å². The van der Waals surface area contributed by atoms with Crippen LogP contribution in [-0.4, -0.2) is 4.92 Å². The van der Waals surface area contributed by atoms with Gasteiger partial charge in [-0.1, -0.05) is 0 Å². The lowest BCUT2D eigenvalue weighted by Gasteiger charge is -2.11. The molecule has 0 heterocycles. The van der Waals surface area contributed by atoms with E-state index in [9.17, 15) is 23.3 Å². The second-order valence-electron chi connectivity index (χ2n) is 2.65. The summed E-state index contributed by atoms with van der Waals surface area (Å²) in [5.74, 6) is 0. The number of hydrogen-bond donors (Lipinski definition) is 1. The van der Waals surface area contributed by atoms with E-state index in [1.165, 1.54) is 0 Å². The van der Waals surface area contributed by atoms with E-state index in [2.05, 4.69) is 15.9 Å². The third kappa shape index (κ3) is 2.38. The lowest BCUT2D eigenvalue weighted by molar-refractivity contribution is -0.384. The number of nitro benzene ring substituents is 1. The van der Waals surface area contributed by atoms with Gasteiger partial charge in [0.1, 0.15) is 0 Å². The molecular weight excluding hydrogens is 281 g/mol. The molecule has 8 heteroatoms. The van der Waals surface area contributed by atoms with E-state index < -0.39 is 32.5 Å². The van der Waals surface area contributed by atoms with Crippen molar-refractivity contribution in [3.8, 4) is 0 Å². The van der Waals surface area contributed by atoms with Gasteiger partial charge < -0.3 is 5.73 Å². The molecule has 0 spiro atoms. The van der Waals surface area contributed by atoms with E-state index in [1.54, 1.807) is 0 Å². The van der Waals surface area contributed by atoms with Gasteiger partial charge in [-0.15, -0.1) is 0 Å². The molecule has 15 heavy (non-hydrogen) atoms. The molecule has 1 aromatic rings. The predicted molar refractivity (Wildman–Crippen MR) is 50.2 cm³/mol. The van der Waals surface area contributed by atoms with E-state index in [4.69, 9.17) is 5.73 Å². The Bertz CT molecular complexity index is 396. The number of benzene rings is 1. The van der Waals surface area contributed by atoms with Crippen LogP contribution < -0.4 is 5.73 Å². The number of non-ortho nitro benzene ring substituents is 1. The average molecular weight is 285 g/mol. The van der Waals surface area contributed by atoms with Gasteiger partial charge >= 0.3 is 6.18 Å². The van der Waals surface area contributed by atoms with Gasteiger partial charge in [0.05, 0.1) is 16.2 Å². The summed E-state index contributed by atoms with van der Waals surface area (Å²) in [7, 11) is 0. The number of halogens is 4. The van der Waals surface area contributed by atoms with Crippen molar-refractivity contribution in [1.82, 2.24) is 0 Å². The summed E-state index contributed by atoms with van der Waals surface area (Å²) in [6.07, 6.45) is -4.64. The van der Waals surface area contributed by atoms with E-state index in [0.717, 1.165) is 6.07 Å². The van der Waals surface area contributed by atoms with Gasteiger partial charge in [0, 0.05) is 16.6 Å². The van der Waals surface area contributed by atoms with Crippen LogP contribution >= 0.6 is 15.9 Å². The standard InChI is InChI=1S/C7H4BrF3N2O2/c8-4-1-3(13(14)15)2-5(12)6(4)7(9,10)11/h1-2H,12H2. The molecule has 82 valence electrons. The number of alkyl halides is 3. The largest absolute Gasteiger partial charge is 0.419 e. The number of nitrogen functional groups attached to an aromatic ring is 1. The molecule has 4 nitrogen and oxygen atoms in total. The van der Waals surface area contributed by atoms with Crippen molar-refractivity contribution in [2.24, 2.45) is 0 Å². The number of rotatable bonds is 1. The predicted octanol–water partition coefficient (Wildman–Crippen LogP) is 2.96. The third-order valence-electron chi connectivity index (χ3n) is 1.60. The molecule has 0 amide bonds. The smallest absolute Gasteiger partial charge is 0.398 e. The van der Waals surface area contributed by atoms with Gasteiger partial charge in [-0.25, -0.2) is 0 Å². The van der Waals surface area contributed by atoms with Crippen molar-refractivity contribution in [2.45, 2.75) is 6.18 Å². The van der Waals surface area contributed by atoms with Crippen molar-refractivity contribution < 1.29 is 18.1 Å². The molecule has 0 atom stereocenters. The zero-order valence-corrected chi connectivity index (χ0v) is 8.59. The number of nitrogens with zero attached hydrogens (tertiary/aromatic N) is 1. The quantitative estimate of drug-likeness (QED) is 0.490. The fraction of sp³-hybridized carbons (Fsp3) is 0.143. The molecule has 2 N–H and O–H groups in total. The van der Waals surface area contributed by atoms with Crippen LogP contribution in [0.4, 0.5) is 24.5 Å². The van der Waals surface area contributed by atoms with Gasteiger partial charge in [-0.3, -0.25) is 10.1 Å². The fourth-order valence-corrected chi connectivity index (χ4v) is 1.71. The zero-order valence-electron chi connectivity index (χ0n) is 7.01. The van der Waals surface area contributed by atoms with Crippen LogP contribution in [0.25, 0.3) is 0 Å². The Balaban J connectivity index is 3.41. The number of nitrogens with two attached hydrogens (primary N) is 1. The Labute approximate surface area is 90.2 Å². The maximum atomic E-state index is 12.4. The van der Waals surface area contributed by atoms with Crippen molar-refractivity contribution in [2.75, 3.05) is 5.73 Å². The van der Waals surface area contributed by atoms with E-state index in [0.29, 0.717) is 6.07 Å². The first-order valence-corrected chi connectivity index (χ1v) is 4.33. The van der Waals surface area contributed by atoms with Gasteiger partial charge in [0.25, 0.3) is 5.69 Å². The molecule has 0 aromatic heterocycles. The molecule has 0 unspecified atom stereocenters.